The van der Waals surface area contributed by atoms with Crippen molar-refractivity contribution >= 4 is 39.1 Å². The molecule has 0 atom stereocenters. The van der Waals surface area contributed by atoms with Gasteiger partial charge in [0.1, 0.15) is 29.1 Å². The lowest BCUT2D eigenvalue weighted by Crippen LogP contribution is -2.34. The molecule has 2 aromatic heterocycles. The topological polar surface area (TPSA) is 112 Å². The molecule has 12 heteroatoms. The highest BCUT2D eigenvalue weighted by Gasteiger charge is 2.29. The summed E-state index contributed by atoms with van der Waals surface area (Å²) in [6, 6.07) is 7.39. The minimum absolute atomic E-state index is 0.129. The van der Waals surface area contributed by atoms with Gasteiger partial charge < -0.3 is 15.5 Å². The van der Waals surface area contributed by atoms with Crippen LogP contribution in [0.4, 0.5) is 37.9 Å². The molecular formula is C26H33F2N7O2S. The molecule has 1 aliphatic heterocycles. The van der Waals surface area contributed by atoms with E-state index in [9.17, 15) is 17.2 Å². The van der Waals surface area contributed by atoms with E-state index in [0.717, 1.165) is 13.1 Å². The smallest absolute Gasteiger partial charge is 0.238 e. The van der Waals surface area contributed by atoms with Crippen molar-refractivity contribution in [3.8, 4) is 0 Å². The van der Waals surface area contributed by atoms with Crippen LogP contribution in [0.1, 0.15) is 50.7 Å². The molecule has 3 N–H and O–H groups in total. The minimum atomic E-state index is -3.65. The maximum Gasteiger partial charge on any atom is 0.238 e. The Bertz CT molecular complexity index is 1400. The van der Waals surface area contributed by atoms with Crippen LogP contribution in [0.3, 0.4) is 0 Å². The SMILES string of the molecule is Cc1cnc(Nc2cc(F)c(C3CCN(C)CC3)c(F)c2)nc1Nc1cccc(NS(=O)(=O)C(C)(C)C)n1. The lowest BCUT2D eigenvalue weighted by molar-refractivity contribution is 0.250. The van der Waals surface area contributed by atoms with Gasteiger partial charge in [-0.2, -0.15) is 4.98 Å². The third-order valence-electron chi connectivity index (χ3n) is 6.47. The number of rotatable bonds is 7. The predicted molar refractivity (Wildman–Crippen MR) is 146 cm³/mol. The summed E-state index contributed by atoms with van der Waals surface area (Å²) >= 11 is 0. The Kier molecular flexibility index (Phi) is 7.84. The van der Waals surface area contributed by atoms with Crippen molar-refractivity contribution in [3.05, 3.63) is 59.3 Å². The van der Waals surface area contributed by atoms with Gasteiger partial charge in [-0.25, -0.2) is 27.2 Å². The van der Waals surface area contributed by atoms with E-state index in [4.69, 9.17) is 0 Å². The van der Waals surface area contributed by atoms with Crippen LogP contribution in [0, 0.1) is 18.6 Å². The van der Waals surface area contributed by atoms with Crippen molar-refractivity contribution in [2.24, 2.45) is 0 Å². The molecule has 0 saturated carbocycles. The number of halogens is 2. The van der Waals surface area contributed by atoms with Crippen LogP contribution in [0.25, 0.3) is 0 Å². The van der Waals surface area contributed by atoms with Crippen LogP contribution in [-0.2, 0) is 10.0 Å². The fourth-order valence-electron chi connectivity index (χ4n) is 4.07. The standard InChI is InChI=1S/C26H33F2N7O2S/c1-16-15-29-25(30-18-13-19(27)23(20(28)14-18)17-9-11-35(5)12-10-17)33-24(16)32-21-7-6-8-22(31-21)34-38(36,37)26(2,3)4/h6-8,13-15,17H,9-12H2,1-5H3,(H3,29,30,31,32,33,34). The summed E-state index contributed by atoms with van der Waals surface area (Å²) in [6.45, 7) is 8.17. The number of nitrogens with one attached hydrogen (secondary N) is 3. The van der Waals surface area contributed by atoms with E-state index in [1.807, 2.05) is 7.05 Å². The van der Waals surface area contributed by atoms with Crippen molar-refractivity contribution in [2.75, 3.05) is 35.5 Å². The Morgan fingerprint density at radius 3 is 2.26 bits per heavy atom. The van der Waals surface area contributed by atoms with Gasteiger partial charge in [0, 0.05) is 23.0 Å². The quantitative estimate of drug-likeness (QED) is 0.367. The number of piperidine rings is 1. The van der Waals surface area contributed by atoms with Crippen LogP contribution in [0.15, 0.2) is 36.5 Å². The number of anilines is 5. The van der Waals surface area contributed by atoms with E-state index >= 15 is 0 Å². The molecule has 3 heterocycles. The fourth-order valence-corrected chi connectivity index (χ4v) is 4.77. The molecule has 4 rings (SSSR count). The maximum atomic E-state index is 15.0. The van der Waals surface area contributed by atoms with E-state index in [1.165, 1.54) is 12.1 Å². The summed E-state index contributed by atoms with van der Waals surface area (Å²) in [7, 11) is -1.65. The fraction of sp³-hybridized carbons (Fsp3) is 0.423. The van der Waals surface area contributed by atoms with Crippen molar-refractivity contribution in [1.29, 1.82) is 0 Å². The molecule has 0 bridgehead atoms. The van der Waals surface area contributed by atoms with E-state index in [2.05, 4.69) is 35.2 Å². The molecule has 9 nitrogen and oxygen atoms in total. The first-order chi connectivity index (χ1) is 17.8. The molecule has 3 aromatic rings. The number of hydrogen-bond donors (Lipinski definition) is 3. The van der Waals surface area contributed by atoms with Gasteiger partial charge in [-0.3, -0.25) is 4.72 Å². The molecule has 0 spiro atoms. The Hall–Kier alpha value is -3.38. The Morgan fingerprint density at radius 2 is 1.63 bits per heavy atom. The average Bonchev–Trinajstić information content (AvgIpc) is 2.81. The summed E-state index contributed by atoms with van der Waals surface area (Å²) in [5.74, 6) is -0.291. The van der Waals surface area contributed by atoms with Crippen molar-refractivity contribution in [2.45, 2.75) is 51.2 Å². The zero-order chi connectivity index (χ0) is 27.7. The zero-order valence-electron chi connectivity index (χ0n) is 22.1. The number of aromatic nitrogens is 3. The first-order valence-corrected chi connectivity index (χ1v) is 13.9. The molecule has 1 aliphatic rings. The molecular weight excluding hydrogens is 512 g/mol. The lowest BCUT2D eigenvalue weighted by Gasteiger charge is -2.29. The monoisotopic (exact) mass is 545 g/mol. The van der Waals surface area contributed by atoms with Crippen LogP contribution < -0.4 is 15.4 Å². The highest BCUT2D eigenvalue weighted by molar-refractivity contribution is 7.94. The number of pyridine rings is 1. The van der Waals surface area contributed by atoms with Crippen molar-refractivity contribution < 1.29 is 17.2 Å². The lowest BCUT2D eigenvalue weighted by atomic mass is 9.88. The maximum absolute atomic E-state index is 15.0. The Labute approximate surface area is 222 Å². The Balaban J connectivity index is 1.51. The van der Waals surface area contributed by atoms with E-state index < -0.39 is 26.4 Å². The van der Waals surface area contributed by atoms with Crippen molar-refractivity contribution in [1.82, 2.24) is 19.9 Å². The van der Waals surface area contributed by atoms with Gasteiger partial charge in [0.25, 0.3) is 0 Å². The highest BCUT2D eigenvalue weighted by atomic mass is 32.2. The summed E-state index contributed by atoms with van der Waals surface area (Å²) in [5, 5.41) is 5.93. The van der Waals surface area contributed by atoms with Gasteiger partial charge in [-0.05, 0) is 90.9 Å². The van der Waals surface area contributed by atoms with Crippen LogP contribution in [0.5, 0.6) is 0 Å². The number of nitrogens with zero attached hydrogens (tertiary/aromatic N) is 4. The first kappa shape index (κ1) is 27.6. The molecule has 0 aliphatic carbocycles. The molecule has 38 heavy (non-hydrogen) atoms. The second-order valence-electron chi connectivity index (χ2n) is 10.5. The van der Waals surface area contributed by atoms with Crippen molar-refractivity contribution in [3.63, 3.8) is 0 Å². The second kappa shape index (κ2) is 10.8. The molecule has 0 unspecified atom stereocenters. The normalized spacial score (nSPS) is 15.3. The summed E-state index contributed by atoms with van der Waals surface area (Å²) in [4.78, 5) is 15.1. The largest absolute Gasteiger partial charge is 0.324 e. The van der Waals surface area contributed by atoms with Crippen LogP contribution >= 0.6 is 0 Å². The molecule has 1 fully saturated rings. The molecule has 204 valence electrons. The van der Waals surface area contributed by atoms with E-state index in [0.29, 0.717) is 30.0 Å². The van der Waals surface area contributed by atoms with Gasteiger partial charge in [0.05, 0.1) is 4.75 Å². The second-order valence-corrected chi connectivity index (χ2v) is 13.0. The summed E-state index contributed by atoms with van der Waals surface area (Å²) in [6.07, 6.45) is 2.98. The highest BCUT2D eigenvalue weighted by Crippen LogP contribution is 2.33. The number of hydrogen-bond acceptors (Lipinski definition) is 8. The molecule has 1 saturated heterocycles. The van der Waals surface area contributed by atoms with Gasteiger partial charge in [0.2, 0.25) is 16.0 Å². The summed E-state index contributed by atoms with van der Waals surface area (Å²) < 4.78 is 56.3. The van der Waals surface area contributed by atoms with E-state index in [-0.39, 0.29) is 28.9 Å². The third kappa shape index (κ3) is 6.36. The number of likely N-dealkylation sites (tertiary alicyclic amines) is 1. The molecule has 0 amide bonds. The number of benzene rings is 1. The minimum Gasteiger partial charge on any atom is -0.324 e. The number of aryl methyl sites for hydroxylation is 1. The zero-order valence-corrected chi connectivity index (χ0v) is 23.0. The van der Waals surface area contributed by atoms with Gasteiger partial charge in [-0.1, -0.05) is 6.07 Å². The summed E-state index contributed by atoms with van der Waals surface area (Å²) in [5.41, 5.74) is 1.01. The number of sulfonamides is 1. The van der Waals surface area contributed by atoms with Gasteiger partial charge >= 0.3 is 0 Å². The van der Waals surface area contributed by atoms with Crippen LogP contribution in [0.2, 0.25) is 0 Å². The Morgan fingerprint density at radius 1 is 1.00 bits per heavy atom. The van der Waals surface area contributed by atoms with Gasteiger partial charge in [-0.15, -0.1) is 0 Å². The molecule has 1 aromatic carbocycles. The predicted octanol–water partition coefficient (Wildman–Crippen LogP) is 5.29. The first-order valence-electron chi connectivity index (χ1n) is 12.4. The van der Waals surface area contributed by atoms with E-state index in [1.54, 1.807) is 52.1 Å². The van der Waals surface area contributed by atoms with Crippen LogP contribution in [-0.4, -0.2) is 53.2 Å². The average molecular weight is 546 g/mol. The molecule has 0 radical (unpaired) electrons. The third-order valence-corrected chi connectivity index (χ3v) is 8.56. The van der Waals surface area contributed by atoms with Gasteiger partial charge in [0.15, 0.2) is 0 Å².